The molecule has 0 unspecified atom stereocenters. The van der Waals surface area contributed by atoms with Crippen molar-refractivity contribution < 1.29 is 14.3 Å². The van der Waals surface area contributed by atoms with E-state index in [1.807, 2.05) is 26.0 Å². The number of methoxy groups -OCH3 is 1. The molecule has 0 fully saturated rings. The van der Waals surface area contributed by atoms with Gasteiger partial charge < -0.3 is 14.8 Å². The molecule has 4 nitrogen and oxygen atoms in total. The van der Waals surface area contributed by atoms with E-state index in [9.17, 15) is 4.79 Å². The third kappa shape index (κ3) is 4.65. The Morgan fingerprint density at radius 2 is 1.94 bits per heavy atom. The molecule has 0 aliphatic rings. The normalized spacial score (nSPS) is 12.1. The first-order chi connectivity index (χ1) is 8.52. The van der Waals surface area contributed by atoms with Gasteiger partial charge in [0.15, 0.2) is 6.10 Å². The topological polar surface area (TPSA) is 47.6 Å². The molecule has 0 saturated heterocycles. The van der Waals surface area contributed by atoms with Gasteiger partial charge in [0.25, 0.3) is 5.91 Å². The molecule has 1 aromatic rings. The van der Waals surface area contributed by atoms with Crippen LogP contribution in [0.25, 0.3) is 0 Å². The van der Waals surface area contributed by atoms with E-state index in [0.717, 1.165) is 0 Å². The van der Waals surface area contributed by atoms with Crippen LogP contribution in [0.2, 0.25) is 0 Å². The third-order valence-corrected chi connectivity index (χ3v) is 2.41. The van der Waals surface area contributed by atoms with Crippen molar-refractivity contribution in [3.05, 3.63) is 24.3 Å². The molecule has 0 bridgehead atoms. The second-order valence-corrected chi connectivity index (χ2v) is 4.58. The molecule has 1 rings (SSSR count). The Balaban J connectivity index is 2.52. The molecule has 100 valence electrons. The molecule has 1 aromatic carbocycles. The van der Waals surface area contributed by atoms with Crippen molar-refractivity contribution in [3.8, 4) is 11.5 Å². The van der Waals surface area contributed by atoms with Crippen LogP contribution in [-0.4, -0.2) is 25.7 Å². The van der Waals surface area contributed by atoms with E-state index in [1.54, 1.807) is 26.2 Å². The van der Waals surface area contributed by atoms with Crippen LogP contribution in [0.5, 0.6) is 11.5 Å². The van der Waals surface area contributed by atoms with E-state index < -0.39 is 6.10 Å². The molecular weight excluding hydrogens is 230 g/mol. The zero-order valence-electron chi connectivity index (χ0n) is 11.4. The molecule has 1 N–H and O–H groups in total. The van der Waals surface area contributed by atoms with Crippen molar-refractivity contribution in [2.24, 2.45) is 5.92 Å². The maximum absolute atomic E-state index is 11.7. The van der Waals surface area contributed by atoms with E-state index in [0.29, 0.717) is 24.0 Å². The SMILES string of the molecule is COc1cccc(O[C@@H](C)C(=O)NCC(C)C)c1. The van der Waals surface area contributed by atoms with Gasteiger partial charge in [-0.15, -0.1) is 0 Å². The molecule has 0 spiro atoms. The highest BCUT2D eigenvalue weighted by atomic mass is 16.5. The van der Waals surface area contributed by atoms with Gasteiger partial charge in [0.2, 0.25) is 0 Å². The summed E-state index contributed by atoms with van der Waals surface area (Å²) in [5.41, 5.74) is 0. The van der Waals surface area contributed by atoms with E-state index in [-0.39, 0.29) is 5.91 Å². The predicted molar refractivity (Wildman–Crippen MR) is 70.9 cm³/mol. The van der Waals surface area contributed by atoms with Crippen molar-refractivity contribution in [3.63, 3.8) is 0 Å². The quantitative estimate of drug-likeness (QED) is 0.843. The number of hydrogen-bond donors (Lipinski definition) is 1. The highest BCUT2D eigenvalue weighted by Gasteiger charge is 2.14. The number of ether oxygens (including phenoxy) is 2. The molecule has 1 atom stereocenters. The largest absolute Gasteiger partial charge is 0.497 e. The molecular formula is C14H21NO3. The van der Waals surface area contributed by atoms with Crippen LogP contribution in [0, 0.1) is 5.92 Å². The van der Waals surface area contributed by atoms with E-state index in [2.05, 4.69) is 5.32 Å². The van der Waals surface area contributed by atoms with Crippen molar-refractivity contribution in [1.29, 1.82) is 0 Å². The Kier molecular flexibility index (Phi) is 5.49. The molecule has 0 aliphatic heterocycles. The summed E-state index contributed by atoms with van der Waals surface area (Å²) in [7, 11) is 1.60. The summed E-state index contributed by atoms with van der Waals surface area (Å²) in [4.78, 5) is 11.7. The Labute approximate surface area is 108 Å². The van der Waals surface area contributed by atoms with Crippen molar-refractivity contribution in [2.75, 3.05) is 13.7 Å². The van der Waals surface area contributed by atoms with Gasteiger partial charge in [-0.25, -0.2) is 0 Å². The second-order valence-electron chi connectivity index (χ2n) is 4.58. The van der Waals surface area contributed by atoms with Crippen LogP contribution in [0.4, 0.5) is 0 Å². The van der Waals surface area contributed by atoms with Gasteiger partial charge in [-0.05, 0) is 25.0 Å². The highest BCUT2D eigenvalue weighted by Crippen LogP contribution is 2.19. The molecule has 4 heteroatoms. The number of hydrogen-bond acceptors (Lipinski definition) is 3. The van der Waals surface area contributed by atoms with Crippen molar-refractivity contribution in [1.82, 2.24) is 5.32 Å². The summed E-state index contributed by atoms with van der Waals surface area (Å²) in [6.07, 6.45) is -0.518. The van der Waals surface area contributed by atoms with Gasteiger partial charge >= 0.3 is 0 Å². The number of rotatable bonds is 6. The van der Waals surface area contributed by atoms with Gasteiger partial charge in [-0.3, -0.25) is 4.79 Å². The summed E-state index contributed by atoms with van der Waals surface area (Å²) >= 11 is 0. The molecule has 0 saturated carbocycles. The summed E-state index contributed by atoms with van der Waals surface area (Å²) < 4.78 is 10.7. The molecule has 0 radical (unpaired) electrons. The predicted octanol–water partition coefficient (Wildman–Crippen LogP) is 2.23. The van der Waals surface area contributed by atoms with Crippen LogP contribution in [0.15, 0.2) is 24.3 Å². The standard InChI is InChI=1S/C14H21NO3/c1-10(2)9-15-14(16)11(3)18-13-7-5-6-12(8-13)17-4/h5-8,10-11H,9H2,1-4H3,(H,15,16)/t11-/m0/s1. The average Bonchev–Trinajstić information content (AvgIpc) is 2.36. The Morgan fingerprint density at radius 1 is 1.28 bits per heavy atom. The first-order valence-electron chi connectivity index (χ1n) is 6.11. The maximum Gasteiger partial charge on any atom is 0.260 e. The van der Waals surface area contributed by atoms with E-state index in [1.165, 1.54) is 0 Å². The maximum atomic E-state index is 11.7. The molecule has 0 heterocycles. The number of carbonyl (C=O) groups is 1. The van der Waals surface area contributed by atoms with Crippen molar-refractivity contribution >= 4 is 5.91 Å². The first-order valence-corrected chi connectivity index (χ1v) is 6.11. The number of nitrogens with one attached hydrogen (secondary N) is 1. The smallest absolute Gasteiger partial charge is 0.260 e. The Morgan fingerprint density at radius 3 is 2.56 bits per heavy atom. The Bertz CT molecular complexity index is 390. The number of amides is 1. The third-order valence-electron chi connectivity index (χ3n) is 2.41. The lowest BCUT2D eigenvalue weighted by atomic mass is 10.2. The fraction of sp³-hybridized carbons (Fsp3) is 0.500. The number of benzene rings is 1. The van der Waals surface area contributed by atoms with Crippen LogP contribution in [0.1, 0.15) is 20.8 Å². The summed E-state index contributed by atoms with van der Waals surface area (Å²) in [6, 6.07) is 7.21. The lowest BCUT2D eigenvalue weighted by Gasteiger charge is -2.16. The molecule has 0 aromatic heterocycles. The van der Waals surface area contributed by atoms with Crippen LogP contribution >= 0.6 is 0 Å². The van der Waals surface area contributed by atoms with Gasteiger partial charge in [0, 0.05) is 12.6 Å². The zero-order valence-corrected chi connectivity index (χ0v) is 11.4. The van der Waals surface area contributed by atoms with E-state index >= 15 is 0 Å². The minimum absolute atomic E-state index is 0.105. The minimum atomic E-state index is -0.518. The van der Waals surface area contributed by atoms with Gasteiger partial charge in [-0.2, -0.15) is 0 Å². The lowest BCUT2D eigenvalue weighted by molar-refractivity contribution is -0.127. The van der Waals surface area contributed by atoms with E-state index in [4.69, 9.17) is 9.47 Å². The molecule has 0 aliphatic carbocycles. The fourth-order valence-corrected chi connectivity index (χ4v) is 1.38. The monoisotopic (exact) mass is 251 g/mol. The van der Waals surface area contributed by atoms with Gasteiger partial charge in [0.05, 0.1) is 7.11 Å². The second kappa shape index (κ2) is 6.89. The van der Waals surface area contributed by atoms with Gasteiger partial charge in [-0.1, -0.05) is 19.9 Å². The van der Waals surface area contributed by atoms with Crippen LogP contribution < -0.4 is 14.8 Å². The van der Waals surface area contributed by atoms with Gasteiger partial charge in [0.1, 0.15) is 11.5 Å². The summed E-state index contributed by atoms with van der Waals surface area (Å²) in [5, 5.41) is 2.84. The lowest BCUT2D eigenvalue weighted by Crippen LogP contribution is -2.38. The number of carbonyl (C=O) groups excluding carboxylic acids is 1. The Hall–Kier alpha value is -1.71. The summed E-state index contributed by atoms with van der Waals surface area (Å²) in [6.45, 7) is 6.49. The van der Waals surface area contributed by atoms with Crippen LogP contribution in [-0.2, 0) is 4.79 Å². The fourth-order valence-electron chi connectivity index (χ4n) is 1.38. The minimum Gasteiger partial charge on any atom is -0.497 e. The average molecular weight is 251 g/mol. The molecule has 18 heavy (non-hydrogen) atoms. The van der Waals surface area contributed by atoms with Crippen molar-refractivity contribution in [2.45, 2.75) is 26.9 Å². The zero-order chi connectivity index (χ0) is 13.5. The summed E-state index contributed by atoms with van der Waals surface area (Å²) in [5.74, 6) is 1.66. The van der Waals surface area contributed by atoms with Crippen LogP contribution in [0.3, 0.4) is 0 Å². The first kappa shape index (κ1) is 14.4. The molecule has 1 amide bonds. The highest BCUT2D eigenvalue weighted by molar-refractivity contribution is 5.80.